The molecule has 1 N–H and O–H groups in total. The Hall–Kier alpha value is -3.30. The van der Waals surface area contributed by atoms with Gasteiger partial charge in [0.15, 0.2) is 0 Å². The number of fused-ring (bicyclic) bond motifs is 1. The maximum absolute atomic E-state index is 12.1. The van der Waals surface area contributed by atoms with Crippen LogP contribution in [-0.4, -0.2) is 50.3 Å². The number of aromatic amines is 1. The quantitative estimate of drug-likeness (QED) is 0.495. The van der Waals surface area contributed by atoms with Crippen LogP contribution >= 0.6 is 0 Å². The third-order valence-electron chi connectivity index (χ3n) is 3.38. The summed E-state index contributed by atoms with van der Waals surface area (Å²) < 4.78 is 19.5. The lowest BCUT2D eigenvalue weighted by molar-refractivity contribution is -0.384. The Morgan fingerprint density at radius 1 is 1.04 bits per heavy atom. The average molecular weight is 338 g/mol. The van der Waals surface area contributed by atoms with Gasteiger partial charge in [-0.15, -0.1) is 0 Å². The SMILES string of the molecule is COC(=O)c1[nH]c2c([N+](=O)[O-])c(OC)cc(OC)c2c1C(=O)OC. The number of rotatable bonds is 5. The van der Waals surface area contributed by atoms with Gasteiger partial charge in [0.1, 0.15) is 22.5 Å². The molecule has 0 saturated heterocycles. The Morgan fingerprint density at radius 3 is 2.08 bits per heavy atom. The fourth-order valence-corrected chi connectivity index (χ4v) is 2.37. The molecule has 24 heavy (non-hydrogen) atoms. The number of nitrogens with one attached hydrogen (secondary N) is 1. The number of nitro benzene ring substituents is 1. The molecule has 0 saturated carbocycles. The van der Waals surface area contributed by atoms with Crippen LogP contribution in [0.15, 0.2) is 6.07 Å². The van der Waals surface area contributed by atoms with E-state index >= 15 is 0 Å². The molecule has 2 rings (SSSR count). The lowest BCUT2D eigenvalue weighted by Crippen LogP contribution is -2.10. The summed E-state index contributed by atoms with van der Waals surface area (Å²) >= 11 is 0. The van der Waals surface area contributed by atoms with E-state index < -0.39 is 22.5 Å². The largest absolute Gasteiger partial charge is 0.496 e. The van der Waals surface area contributed by atoms with Gasteiger partial charge >= 0.3 is 17.6 Å². The van der Waals surface area contributed by atoms with Crippen LogP contribution in [0, 0.1) is 10.1 Å². The Morgan fingerprint density at radius 2 is 1.62 bits per heavy atom. The monoisotopic (exact) mass is 338 g/mol. The molecule has 0 radical (unpaired) electrons. The van der Waals surface area contributed by atoms with Crippen molar-refractivity contribution >= 4 is 28.5 Å². The number of carbonyl (C=O) groups excluding carboxylic acids is 2. The number of esters is 2. The third-order valence-corrected chi connectivity index (χ3v) is 3.38. The fraction of sp³-hybridized carbons (Fsp3) is 0.286. The molecule has 1 aromatic carbocycles. The Balaban J connectivity index is 3.05. The summed E-state index contributed by atoms with van der Waals surface area (Å²) in [5, 5.41) is 11.5. The van der Waals surface area contributed by atoms with Crippen molar-refractivity contribution in [3.05, 3.63) is 27.4 Å². The number of nitro groups is 1. The number of ether oxygens (including phenoxy) is 4. The summed E-state index contributed by atoms with van der Waals surface area (Å²) in [4.78, 5) is 37.4. The smallest absolute Gasteiger partial charge is 0.355 e. The predicted molar refractivity (Wildman–Crippen MR) is 80.7 cm³/mol. The molecule has 1 heterocycles. The highest BCUT2D eigenvalue weighted by molar-refractivity contribution is 6.16. The summed E-state index contributed by atoms with van der Waals surface area (Å²) in [5.74, 6) is -1.76. The van der Waals surface area contributed by atoms with Crippen molar-refractivity contribution < 1.29 is 33.5 Å². The number of benzene rings is 1. The molecule has 0 spiro atoms. The van der Waals surface area contributed by atoms with Gasteiger partial charge < -0.3 is 23.9 Å². The molecule has 0 aliphatic heterocycles. The van der Waals surface area contributed by atoms with Crippen molar-refractivity contribution in [2.24, 2.45) is 0 Å². The first-order chi connectivity index (χ1) is 11.4. The van der Waals surface area contributed by atoms with Crippen molar-refractivity contribution in [1.82, 2.24) is 4.98 Å². The Bertz CT molecular complexity index is 839. The number of methoxy groups -OCH3 is 4. The third kappa shape index (κ3) is 2.47. The molecule has 0 amide bonds. The van der Waals surface area contributed by atoms with E-state index in [0.29, 0.717) is 0 Å². The number of hydrogen-bond donors (Lipinski definition) is 1. The van der Waals surface area contributed by atoms with Gasteiger partial charge in [-0.3, -0.25) is 10.1 Å². The molecular weight excluding hydrogens is 324 g/mol. The van der Waals surface area contributed by atoms with Crippen LogP contribution in [0.25, 0.3) is 10.9 Å². The second kappa shape index (κ2) is 6.44. The second-order valence-corrected chi connectivity index (χ2v) is 4.49. The van der Waals surface area contributed by atoms with E-state index in [0.717, 1.165) is 14.2 Å². The molecule has 2 aromatic rings. The van der Waals surface area contributed by atoms with Crippen LogP contribution in [0.4, 0.5) is 5.69 Å². The van der Waals surface area contributed by atoms with Gasteiger partial charge in [0.25, 0.3) is 0 Å². The topological polar surface area (TPSA) is 130 Å². The summed E-state index contributed by atoms with van der Waals surface area (Å²) in [7, 11) is 4.79. The van der Waals surface area contributed by atoms with Crippen molar-refractivity contribution in [2.45, 2.75) is 0 Å². The van der Waals surface area contributed by atoms with E-state index in [2.05, 4.69) is 14.5 Å². The first kappa shape index (κ1) is 17.1. The van der Waals surface area contributed by atoms with Crippen molar-refractivity contribution in [1.29, 1.82) is 0 Å². The summed E-state index contributed by atoms with van der Waals surface area (Å²) in [6.45, 7) is 0. The van der Waals surface area contributed by atoms with E-state index in [-0.39, 0.29) is 33.7 Å². The minimum absolute atomic E-state index is 0.0252. The van der Waals surface area contributed by atoms with Crippen LogP contribution in [0.2, 0.25) is 0 Å². The van der Waals surface area contributed by atoms with E-state index in [1.165, 1.54) is 20.3 Å². The summed E-state index contributed by atoms with van der Waals surface area (Å²) in [6, 6.07) is 1.25. The van der Waals surface area contributed by atoms with Crippen LogP contribution in [0.3, 0.4) is 0 Å². The number of carbonyl (C=O) groups is 2. The predicted octanol–water partition coefficient (Wildman–Crippen LogP) is 1.67. The molecule has 128 valence electrons. The van der Waals surface area contributed by atoms with E-state index in [9.17, 15) is 19.7 Å². The molecule has 0 fully saturated rings. The maximum atomic E-state index is 12.1. The van der Waals surface area contributed by atoms with Crippen LogP contribution in [0.1, 0.15) is 20.8 Å². The molecule has 10 heteroatoms. The molecule has 0 aliphatic rings. The van der Waals surface area contributed by atoms with E-state index in [1.54, 1.807) is 0 Å². The van der Waals surface area contributed by atoms with Gasteiger partial charge in [0.2, 0.25) is 5.75 Å². The number of aromatic nitrogens is 1. The zero-order valence-corrected chi connectivity index (χ0v) is 13.3. The summed E-state index contributed by atoms with van der Waals surface area (Å²) in [6.07, 6.45) is 0. The molecule has 10 nitrogen and oxygen atoms in total. The van der Waals surface area contributed by atoms with Crippen LogP contribution < -0.4 is 9.47 Å². The maximum Gasteiger partial charge on any atom is 0.355 e. The lowest BCUT2D eigenvalue weighted by atomic mass is 10.1. The van der Waals surface area contributed by atoms with Crippen molar-refractivity contribution in [2.75, 3.05) is 28.4 Å². The van der Waals surface area contributed by atoms with Gasteiger partial charge in [-0.05, 0) is 0 Å². The molecule has 1 aromatic heterocycles. The standard InChI is InChI=1S/C14H14N2O8/c1-21-6-5-7(22-2)12(16(19)20)10-8(6)9(13(17)23-3)11(15-10)14(18)24-4/h5,15H,1-4H3. The van der Waals surface area contributed by atoms with E-state index in [4.69, 9.17) is 9.47 Å². The lowest BCUT2D eigenvalue weighted by Gasteiger charge is -2.08. The zero-order valence-electron chi connectivity index (χ0n) is 13.3. The van der Waals surface area contributed by atoms with Crippen LogP contribution in [0.5, 0.6) is 11.5 Å². The Kier molecular flexibility index (Phi) is 4.58. The number of hydrogen-bond acceptors (Lipinski definition) is 8. The molecule has 0 atom stereocenters. The normalized spacial score (nSPS) is 10.3. The van der Waals surface area contributed by atoms with Gasteiger partial charge in [0.05, 0.1) is 38.7 Å². The molecule has 0 unspecified atom stereocenters. The highest BCUT2D eigenvalue weighted by Crippen LogP contribution is 2.43. The molecule has 0 aliphatic carbocycles. The second-order valence-electron chi connectivity index (χ2n) is 4.49. The first-order valence-electron chi connectivity index (χ1n) is 6.52. The number of H-pyrrole nitrogens is 1. The van der Waals surface area contributed by atoms with Gasteiger partial charge in [-0.1, -0.05) is 0 Å². The van der Waals surface area contributed by atoms with Crippen molar-refractivity contribution in [3.63, 3.8) is 0 Å². The van der Waals surface area contributed by atoms with Gasteiger partial charge in [-0.2, -0.15) is 0 Å². The number of nitrogens with zero attached hydrogens (tertiary/aromatic N) is 1. The Labute approximate surface area is 135 Å². The van der Waals surface area contributed by atoms with E-state index in [1.807, 2.05) is 0 Å². The minimum Gasteiger partial charge on any atom is -0.496 e. The highest BCUT2D eigenvalue weighted by Gasteiger charge is 2.33. The zero-order chi connectivity index (χ0) is 18.0. The van der Waals surface area contributed by atoms with Crippen LogP contribution in [-0.2, 0) is 9.47 Å². The molecular formula is C14H14N2O8. The molecule has 0 bridgehead atoms. The van der Waals surface area contributed by atoms with Gasteiger partial charge in [0, 0.05) is 6.07 Å². The van der Waals surface area contributed by atoms with Crippen molar-refractivity contribution in [3.8, 4) is 11.5 Å². The summed E-state index contributed by atoms with van der Waals surface area (Å²) in [5.41, 5.74) is -1.07. The highest BCUT2D eigenvalue weighted by atomic mass is 16.6. The first-order valence-corrected chi connectivity index (χ1v) is 6.52. The van der Waals surface area contributed by atoms with Gasteiger partial charge in [-0.25, -0.2) is 9.59 Å². The average Bonchev–Trinajstić information content (AvgIpc) is 2.98. The fourth-order valence-electron chi connectivity index (χ4n) is 2.37. The minimum atomic E-state index is -0.887.